The zero-order valence-electron chi connectivity index (χ0n) is 43.3. The number of aromatic nitrogens is 2. The molecule has 8 rings (SSSR count). The first-order valence-electron chi connectivity index (χ1n) is 23.7. The van der Waals surface area contributed by atoms with Crippen LogP contribution in [-0.4, -0.2) is 9.97 Å². The van der Waals surface area contributed by atoms with Crippen molar-refractivity contribution >= 4 is 21.9 Å². The second kappa shape index (κ2) is 17.5. The van der Waals surface area contributed by atoms with Gasteiger partial charge in [-0.15, -0.1) is 47.5 Å². The minimum atomic E-state index is -2.49. The van der Waals surface area contributed by atoms with Crippen LogP contribution in [0.3, 0.4) is 0 Å². The number of nitrogens with zero attached hydrogens (tertiary/aromatic N) is 3. The molecule has 0 saturated carbocycles. The maximum atomic E-state index is 9.27. The van der Waals surface area contributed by atoms with Crippen molar-refractivity contribution < 1.29 is 38.2 Å². The van der Waals surface area contributed by atoms with Gasteiger partial charge in [0.25, 0.3) is 0 Å². The molecule has 0 unspecified atom stereocenters. The first kappa shape index (κ1) is 30.4. The van der Waals surface area contributed by atoms with Crippen LogP contribution in [0, 0.1) is 48.0 Å². The Morgan fingerprint density at radius 3 is 2.16 bits per heavy atom. The first-order chi connectivity index (χ1) is 31.3. The first-order valence-corrected chi connectivity index (χ1v) is 18.7. The van der Waals surface area contributed by atoms with Gasteiger partial charge in [0.1, 0.15) is 5.58 Å². The number of aryl methyl sites for hydroxylation is 2. The summed E-state index contributed by atoms with van der Waals surface area (Å²) >= 11 is 0. The molecular formula is C53H49IrN3O-2. The van der Waals surface area contributed by atoms with E-state index in [-0.39, 0.29) is 59.9 Å². The van der Waals surface area contributed by atoms with Gasteiger partial charge in [0.2, 0.25) is 0 Å². The fourth-order valence-electron chi connectivity index (χ4n) is 6.64. The predicted octanol–water partition coefficient (Wildman–Crippen LogP) is 14.0. The number of hydrogen-bond donors (Lipinski definition) is 0. The normalized spacial score (nSPS) is 14.6. The Kier molecular flexibility index (Phi) is 9.15. The van der Waals surface area contributed by atoms with Crippen LogP contribution >= 0.6 is 0 Å². The molecule has 58 heavy (non-hydrogen) atoms. The van der Waals surface area contributed by atoms with Gasteiger partial charge in [0, 0.05) is 48.9 Å². The molecule has 0 aliphatic rings. The Bertz CT molecular complexity index is 3140. The number of nitriles is 1. The summed E-state index contributed by atoms with van der Waals surface area (Å²) in [5.74, 6) is 0. The summed E-state index contributed by atoms with van der Waals surface area (Å²) in [6.07, 6.45) is 2.01. The van der Waals surface area contributed by atoms with Crippen LogP contribution in [0.25, 0.3) is 66.7 Å². The van der Waals surface area contributed by atoms with Crippen molar-refractivity contribution in [1.29, 1.82) is 5.26 Å². The molecule has 0 amide bonds. The number of pyridine rings is 2. The van der Waals surface area contributed by atoms with Crippen molar-refractivity contribution in [2.45, 2.75) is 68.0 Å². The molecule has 3 aromatic heterocycles. The summed E-state index contributed by atoms with van der Waals surface area (Å²) in [6, 6.07) is 38.6. The van der Waals surface area contributed by atoms with Gasteiger partial charge in [0.15, 0.2) is 0 Å². The van der Waals surface area contributed by atoms with Gasteiger partial charge in [-0.1, -0.05) is 144 Å². The van der Waals surface area contributed by atoms with Crippen LogP contribution in [0.15, 0.2) is 132 Å². The summed E-state index contributed by atoms with van der Waals surface area (Å²) in [5, 5.41) is 10.9. The maximum Gasteiger partial charge on any atom is 0.122 e. The van der Waals surface area contributed by atoms with E-state index >= 15 is 0 Å². The quantitative estimate of drug-likeness (QED) is 0.156. The molecule has 5 aromatic carbocycles. The van der Waals surface area contributed by atoms with Gasteiger partial charge in [-0.3, -0.25) is 0 Å². The van der Waals surface area contributed by atoms with Gasteiger partial charge in [-0.2, -0.15) is 5.26 Å². The summed E-state index contributed by atoms with van der Waals surface area (Å²) < 4.78 is 88.2. The summed E-state index contributed by atoms with van der Waals surface area (Å²) in [6.45, 7) is 7.09. The monoisotopic (exact) mass is 946 g/mol. The number of rotatable bonds is 6. The van der Waals surface area contributed by atoms with Crippen molar-refractivity contribution in [2.75, 3.05) is 0 Å². The Balaban J connectivity index is 0.000000229. The third kappa shape index (κ3) is 9.89. The molecular weight excluding hydrogens is 887 g/mol. The van der Waals surface area contributed by atoms with E-state index in [1.54, 1.807) is 60.8 Å². The number of benzene rings is 5. The smallest absolute Gasteiger partial charge is 0.122 e. The minimum absolute atomic E-state index is 0. The van der Waals surface area contributed by atoms with Crippen molar-refractivity contribution in [2.24, 2.45) is 10.8 Å². The summed E-state index contributed by atoms with van der Waals surface area (Å²) in [7, 11) is 0. The van der Waals surface area contributed by atoms with Crippen LogP contribution in [0.2, 0.25) is 0 Å². The zero-order chi connectivity index (χ0) is 48.9. The Hall–Kier alpha value is -5.66. The van der Waals surface area contributed by atoms with Crippen LogP contribution in [-0.2, 0) is 32.9 Å². The van der Waals surface area contributed by atoms with Crippen molar-refractivity contribution in [3.8, 4) is 50.8 Å². The third-order valence-electron chi connectivity index (χ3n) is 9.12. The van der Waals surface area contributed by atoms with Gasteiger partial charge in [-0.25, -0.2) is 0 Å². The van der Waals surface area contributed by atoms with E-state index in [1.165, 1.54) is 12.3 Å². The van der Waals surface area contributed by atoms with Crippen LogP contribution in [0.1, 0.15) is 83.1 Å². The summed E-state index contributed by atoms with van der Waals surface area (Å²) in [4.78, 5) is 8.90. The fraction of sp³-hybridized carbons (Fsp3) is 0.226. The SMILES string of the molecule is [2H]C([2H])([2H])c1c[c-]c(-c2ccc(C([2H])([2H])C(C)(C)C)cn2)cc1-c1ccccc1.[2H]c1cc(CC(C)(C)C)cc([2H])c1-c1cc(-c2[c-]ccc3c2oc2cc(C#N)ccc23)ncc1C([2H])([2H])[2H].[Ir]. The van der Waals surface area contributed by atoms with Gasteiger partial charge >= 0.3 is 0 Å². The molecule has 8 aromatic rings. The maximum absolute atomic E-state index is 9.27. The molecule has 0 saturated heterocycles. The van der Waals surface area contributed by atoms with Crippen molar-refractivity contribution in [3.63, 3.8) is 0 Å². The predicted molar refractivity (Wildman–Crippen MR) is 236 cm³/mol. The van der Waals surface area contributed by atoms with E-state index in [0.29, 0.717) is 56.8 Å². The van der Waals surface area contributed by atoms with E-state index in [9.17, 15) is 5.26 Å². The van der Waals surface area contributed by atoms with Gasteiger partial charge < -0.3 is 14.4 Å². The Labute approximate surface area is 371 Å². The molecule has 293 valence electrons. The molecule has 0 fully saturated rings. The molecule has 0 atom stereocenters. The largest absolute Gasteiger partial charge is 0.501 e. The molecule has 0 aliphatic carbocycles. The number of fused-ring (bicyclic) bond motifs is 3. The van der Waals surface area contributed by atoms with Gasteiger partial charge in [-0.05, 0) is 87.4 Å². The number of hydrogen-bond acceptors (Lipinski definition) is 4. The Morgan fingerprint density at radius 1 is 0.741 bits per heavy atom. The standard InChI is InChI=1S/C30H25N2O.C23H24N.Ir/c1-19-18-32-27(15-26(19)22-11-8-20(9-12-22)16-30(2,3)4)25-7-5-6-24-23-13-10-21(17-31)14-28(23)33-29(24)25;1-17-10-12-20(14-21(17)19-8-6-5-7-9-19)22-13-11-18(16-24-22)15-23(2,3)4;/h5-6,8-15,18H,16H2,1-4H3;5-11,13-14,16H,15H2,1-4H3;/q2*-1;/i1D3,11D,12D;1D3,15D2;. The Morgan fingerprint density at radius 2 is 1.48 bits per heavy atom. The molecule has 0 aliphatic heterocycles. The van der Waals surface area contributed by atoms with E-state index < -0.39 is 25.5 Å². The molecule has 1 radical (unpaired) electrons. The van der Waals surface area contributed by atoms with E-state index in [4.69, 9.17) is 18.1 Å². The van der Waals surface area contributed by atoms with Crippen LogP contribution in [0.5, 0.6) is 0 Å². The van der Waals surface area contributed by atoms with Crippen LogP contribution in [0.4, 0.5) is 0 Å². The second-order valence-electron chi connectivity index (χ2n) is 16.2. The second-order valence-corrected chi connectivity index (χ2v) is 16.2. The van der Waals surface area contributed by atoms with Gasteiger partial charge in [0.05, 0.1) is 20.0 Å². The van der Waals surface area contributed by atoms with E-state index in [2.05, 4.69) is 48.9 Å². The molecule has 0 spiro atoms. The average Bonchev–Trinajstić information content (AvgIpc) is 3.63. The minimum Gasteiger partial charge on any atom is -0.501 e. The average molecular weight is 946 g/mol. The third-order valence-corrected chi connectivity index (χ3v) is 9.12. The molecule has 0 bridgehead atoms. The molecule has 3 heterocycles. The van der Waals surface area contributed by atoms with Crippen molar-refractivity contribution in [1.82, 2.24) is 9.97 Å². The van der Waals surface area contributed by atoms with E-state index in [0.717, 1.165) is 21.9 Å². The summed E-state index contributed by atoms with van der Waals surface area (Å²) in [5.41, 5.74) is 6.70. The molecule has 5 heteroatoms. The number of furan rings is 1. The molecule has 0 N–H and O–H groups in total. The topological polar surface area (TPSA) is 62.7 Å². The van der Waals surface area contributed by atoms with Crippen LogP contribution < -0.4 is 0 Å². The fourth-order valence-corrected chi connectivity index (χ4v) is 6.64. The zero-order valence-corrected chi connectivity index (χ0v) is 35.7. The van der Waals surface area contributed by atoms with E-state index in [1.807, 2.05) is 63.2 Å². The molecule has 4 nitrogen and oxygen atoms in total. The van der Waals surface area contributed by atoms with Crippen molar-refractivity contribution in [3.05, 3.63) is 168 Å².